The third-order valence-electron chi connectivity index (χ3n) is 14.8. The van der Waals surface area contributed by atoms with Crippen molar-refractivity contribution in [2.75, 3.05) is 34.5 Å². The van der Waals surface area contributed by atoms with Gasteiger partial charge in [-0.1, -0.05) is 28.9 Å². The Bertz CT molecular complexity index is 1710. The van der Waals surface area contributed by atoms with Gasteiger partial charge in [-0.15, -0.1) is 0 Å². The Labute approximate surface area is 319 Å². The van der Waals surface area contributed by atoms with Crippen molar-refractivity contribution in [2.24, 2.45) is 34.0 Å². The summed E-state index contributed by atoms with van der Waals surface area (Å²) in [5.74, 6) is -9.96. The molecular formula is C36H47BrO17. The lowest BCUT2D eigenvalue weighted by Crippen LogP contribution is -2.79. The predicted molar refractivity (Wildman–Crippen MR) is 179 cm³/mol. The van der Waals surface area contributed by atoms with E-state index in [1.807, 2.05) is 0 Å². The fourth-order valence-electron chi connectivity index (χ4n) is 12.7. The number of methoxy groups -OCH3 is 3. The van der Waals surface area contributed by atoms with Gasteiger partial charge in [0.1, 0.15) is 34.4 Å². The second-order valence-corrected chi connectivity index (χ2v) is 17.4. The number of hydrogen-bond donors (Lipinski definition) is 3. The van der Waals surface area contributed by atoms with Crippen LogP contribution >= 0.6 is 15.9 Å². The monoisotopic (exact) mass is 830 g/mol. The minimum absolute atomic E-state index is 0.208. The second-order valence-electron chi connectivity index (χ2n) is 16.5. The summed E-state index contributed by atoms with van der Waals surface area (Å²) in [4.78, 5) is 53.9. The minimum Gasteiger partial charge on any atom is -0.468 e. The molecule has 5 saturated heterocycles. The van der Waals surface area contributed by atoms with Gasteiger partial charge in [-0.2, -0.15) is 0 Å². The predicted octanol–water partition coefficient (Wildman–Crippen LogP) is 0.0192. The summed E-state index contributed by atoms with van der Waals surface area (Å²) in [5.41, 5.74) is -9.79. The van der Waals surface area contributed by atoms with Crippen molar-refractivity contribution >= 4 is 39.8 Å². The molecule has 8 rings (SSSR count). The van der Waals surface area contributed by atoms with Crippen LogP contribution < -0.4 is 0 Å². The van der Waals surface area contributed by atoms with Gasteiger partial charge in [0.25, 0.3) is 5.79 Å². The van der Waals surface area contributed by atoms with Crippen LogP contribution in [0.4, 0.5) is 0 Å². The number of halogens is 1. The Morgan fingerprint density at radius 1 is 0.926 bits per heavy atom. The van der Waals surface area contributed by atoms with Crippen molar-refractivity contribution in [3.8, 4) is 0 Å². The largest absolute Gasteiger partial charge is 0.468 e. The molecule has 3 saturated carbocycles. The molecule has 18 atom stereocenters. The molecule has 0 amide bonds. The Morgan fingerprint density at radius 3 is 2.22 bits per heavy atom. The lowest BCUT2D eigenvalue weighted by atomic mass is 9.37. The quantitative estimate of drug-likeness (QED) is 0.101. The van der Waals surface area contributed by atoms with Gasteiger partial charge < -0.3 is 62.7 Å². The molecule has 17 nitrogen and oxygen atoms in total. The van der Waals surface area contributed by atoms with Gasteiger partial charge in [-0.3, -0.25) is 9.59 Å². The van der Waals surface area contributed by atoms with Crippen LogP contribution in [0.3, 0.4) is 0 Å². The van der Waals surface area contributed by atoms with E-state index in [-0.39, 0.29) is 18.4 Å². The number of fused-ring (bicyclic) bond motifs is 7. The smallest absolute Gasteiger partial charge is 0.366 e. The molecule has 0 aromatic carbocycles. The number of rotatable bonds is 7. The first-order chi connectivity index (χ1) is 25.3. The molecule has 0 unspecified atom stereocenters. The van der Waals surface area contributed by atoms with Gasteiger partial charge in [0, 0.05) is 54.6 Å². The Kier molecular flexibility index (Phi) is 8.50. The zero-order chi connectivity index (χ0) is 39.3. The third-order valence-corrected chi connectivity index (χ3v) is 15.9. The van der Waals surface area contributed by atoms with Crippen molar-refractivity contribution in [3.05, 3.63) is 11.6 Å². The van der Waals surface area contributed by atoms with Crippen molar-refractivity contribution < 1.29 is 81.9 Å². The molecule has 0 aromatic heterocycles. The lowest BCUT2D eigenvalue weighted by molar-refractivity contribution is -0.321. The summed E-state index contributed by atoms with van der Waals surface area (Å²) in [6.07, 6.45) is -7.16. The third kappa shape index (κ3) is 4.05. The zero-order valence-electron chi connectivity index (χ0n) is 31.2. The molecule has 1 spiro atoms. The molecule has 5 aliphatic heterocycles. The van der Waals surface area contributed by atoms with Crippen LogP contribution in [0.2, 0.25) is 0 Å². The van der Waals surface area contributed by atoms with Crippen LogP contribution in [0.15, 0.2) is 11.6 Å². The van der Waals surface area contributed by atoms with Crippen molar-refractivity contribution in [2.45, 2.75) is 118 Å². The van der Waals surface area contributed by atoms with Crippen LogP contribution in [-0.2, 0) is 66.5 Å². The average Bonchev–Trinajstić information content (AvgIpc) is 3.41. The molecular weight excluding hydrogens is 784 g/mol. The second kappa shape index (κ2) is 11.9. The molecule has 2 bridgehead atoms. The minimum atomic E-state index is -2.85. The van der Waals surface area contributed by atoms with E-state index < -0.39 is 142 Å². The van der Waals surface area contributed by atoms with Crippen LogP contribution in [-0.4, -0.2) is 144 Å². The van der Waals surface area contributed by atoms with Crippen molar-refractivity contribution in [1.82, 2.24) is 0 Å². The summed E-state index contributed by atoms with van der Waals surface area (Å²) in [6, 6.07) is 0. The first-order valence-electron chi connectivity index (χ1n) is 18.1. The number of allylic oxidation sites excluding steroid dienone is 1. The Hall–Kier alpha value is -2.26. The SMILES string of the molecule is C/C=C(\C)C(=O)O[C@H]1C[C@@H](OC(C)=O)[C@@]2(C(=O)OC)CO[C@H]3[C@@H](O)[C@@](C)([C@]45O[C@@]4(C)[C@H]4C[C@@H]5O[C@@H]5O[C@H](OC)[C@@H](Br)[C@@]54O)[C@H]4[C@]1(CO[C@]4(O)C(=O)OC)[C@@H]32. The van der Waals surface area contributed by atoms with Crippen LogP contribution in [0.25, 0.3) is 0 Å². The van der Waals surface area contributed by atoms with Gasteiger partial charge in [-0.25, -0.2) is 9.59 Å². The topological polar surface area (TPSA) is 225 Å². The number of aliphatic hydroxyl groups excluding tert-OH is 1. The van der Waals surface area contributed by atoms with E-state index in [9.17, 15) is 34.5 Å². The highest BCUT2D eigenvalue weighted by atomic mass is 79.9. The molecule has 18 heteroatoms. The molecule has 300 valence electrons. The highest BCUT2D eigenvalue weighted by Crippen LogP contribution is 2.83. The number of carbonyl (C=O) groups excluding carboxylic acids is 4. The number of alkyl halides is 1. The van der Waals surface area contributed by atoms with E-state index in [2.05, 4.69) is 15.9 Å². The first kappa shape index (κ1) is 38.6. The molecule has 0 radical (unpaired) electrons. The standard InChI is InChI=1S/C36H47BrO17/c1-9-14(2)24(40)51-17-11-18(50-15(3)38)33(27(41)46-7)12-48-20-21(33)32(17)13-49-35(44,28(42)47-8)26(32)30(4,23(20)39)36-19-10-16(31(36,5)54-36)34(43)22(37)25(45-6)53-29(34)52-19/h9,16-23,25-26,29,39,43-44H,10-13H2,1-8H3/b14-9+/t16-,17+,18-,19+,20-,21-,22-,23-,25+,26+,29-,30-,31+,32+,33+,34-,35+,36+/m1/s1. The zero-order valence-corrected chi connectivity index (χ0v) is 32.8. The fourth-order valence-corrected chi connectivity index (χ4v) is 13.5. The molecule has 54 heavy (non-hydrogen) atoms. The number of esters is 4. The average molecular weight is 832 g/mol. The van der Waals surface area contributed by atoms with Gasteiger partial charge in [0.15, 0.2) is 12.6 Å². The molecule has 0 aromatic rings. The summed E-state index contributed by atoms with van der Waals surface area (Å²) >= 11 is 3.57. The Balaban J connectivity index is 1.38. The van der Waals surface area contributed by atoms with E-state index in [4.69, 9.17) is 47.4 Å². The van der Waals surface area contributed by atoms with Gasteiger partial charge in [0.05, 0.1) is 50.6 Å². The van der Waals surface area contributed by atoms with Crippen LogP contribution in [0, 0.1) is 34.0 Å². The maximum absolute atomic E-state index is 14.3. The number of aliphatic hydroxyl groups is 3. The molecule has 3 N–H and O–H groups in total. The van der Waals surface area contributed by atoms with E-state index in [0.717, 1.165) is 14.2 Å². The van der Waals surface area contributed by atoms with Crippen LogP contribution in [0.5, 0.6) is 0 Å². The highest BCUT2D eigenvalue weighted by molar-refractivity contribution is 9.09. The maximum Gasteiger partial charge on any atom is 0.366 e. The number of ether oxygens (including phenoxy) is 10. The van der Waals surface area contributed by atoms with E-state index >= 15 is 0 Å². The summed E-state index contributed by atoms with van der Waals surface area (Å²) in [6.45, 7) is 6.83. The van der Waals surface area contributed by atoms with Crippen LogP contribution in [0.1, 0.15) is 47.5 Å². The van der Waals surface area contributed by atoms with Crippen molar-refractivity contribution in [1.29, 1.82) is 0 Å². The van der Waals surface area contributed by atoms with Crippen molar-refractivity contribution in [3.63, 3.8) is 0 Å². The summed E-state index contributed by atoms with van der Waals surface area (Å²) < 4.78 is 60.2. The molecule has 5 heterocycles. The van der Waals surface area contributed by atoms with Gasteiger partial charge in [-0.05, 0) is 27.2 Å². The molecule has 3 aliphatic carbocycles. The fraction of sp³-hybridized carbons (Fsp3) is 0.833. The summed E-state index contributed by atoms with van der Waals surface area (Å²) in [7, 11) is 3.66. The van der Waals surface area contributed by atoms with E-state index in [1.165, 1.54) is 14.0 Å². The van der Waals surface area contributed by atoms with E-state index in [0.29, 0.717) is 0 Å². The normalized spacial score (nSPS) is 54.8. The molecule has 8 fully saturated rings. The maximum atomic E-state index is 14.3. The lowest BCUT2D eigenvalue weighted by Gasteiger charge is -2.65. The number of epoxide rings is 1. The van der Waals surface area contributed by atoms with Gasteiger partial charge >= 0.3 is 23.9 Å². The van der Waals surface area contributed by atoms with Gasteiger partial charge in [0.2, 0.25) is 0 Å². The van der Waals surface area contributed by atoms with E-state index in [1.54, 1.807) is 33.8 Å². The highest BCUT2D eigenvalue weighted by Gasteiger charge is 2.97. The number of carbonyl (C=O) groups is 4. The Morgan fingerprint density at radius 2 is 1.61 bits per heavy atom. The molecule has 8 aliphatic rings. The first-order valence-corrected chi connectivity index (χ1v) is 19.0. The number of hydrogen-bond acceptors (Lipinski definition) is 17. The summed E-state index contributed by atoms with van der Waals surface area (Å²) in [5, 5.41) is 38.2.